The van der Waals surface area contributed by atoms with Gasteiger partial charge in [0.05, 0.1) is 11.8 Å². The molecule has 0 aliphatic heterocycles. The van der Waals surface area contributed by atoms with E-state index in [4.69, 9.17) is 0 Å². The summed E-state index contributed by atoms with van der Waals surface area (Å²) in [6.07, 6.45) is -0.444. The van der Waals surface area contributed by atoms with Gasteiger partial charge in [0.25, 0.3) is 0 Å². The normalized spacial score (nSPS) is 13.3. The van der Waals surface area contributed by atoms with Gasteiger partial charge in [-0.3, -0.25) is 4.68 Å². The Morgan fingerprint density at radius 1 is 1.54 bits per heavy atom. The smallest absolute Gasteiger partial charge is 0.0922 e. The number of aliphatic hydroxyl groups is 1. The number of hydrogen-bond donors (Lipinski definition) is 1. The van der Waals surface area contributed by atoms with E-state index in [0.717, 1.165) is 23.5 Å². The lowest BCUT2D eigenvalue weighted by Gasteiger charge is -2.07. The molecule has 1 unspecified atom stereocenters. The molecule has 0 fully saturated rings. The van der Waals surface area contributed by atoms with Crippen molar-refractivity contribution >= 4 is 15.9 Å². The van der Waals surface area contributed by atoms with Crippen LogP contribution in [0.5, 0.6) is 0 Å². The zero-order valence-corrected chi connectivity index (χ0v) is 9.80. The molecule has 0 saturated heterocycles. The Morgan fingerprint density at radius 3 is 2.54 bits per heavy atom. The average Bonchev–Trinajstić information content (AvgIpc) is 2.40. The minimum absolute atomic E-state index is 0.444. The molecule has 1 heterocycles. The standard InChI is InChI=1S/C9H15BrN2O/c1-4-12-7(3)9(6(2)11-12)8(13)5-10/h8,13H,4-5H2,1-3H3. The lowest BCUT2D eigenvalue weighted by atomic mass is 10.1. The van der Waals surface area contributed by atoms with Crippen LogP contribution >= 0.6 is 15.9 Å². The first-order chi connectivity index (χ1) is 6.11. The van der Waals surface area contributed by atoms with Gasteiger partial charge in [-0.25, -0.2) is 0 Å². The second-order valence-corrected chi connectivity index (χ2v) is 3.72. The monoisotopic (exact) mass is 246 g/mol. The van der Waals surface area contributed by atoms with Crippen LogP contribution in [0.25, 0.3) is 0 Å². The first-order valence-electron chi connectivity index (χ1n) is 4.39. The van der Waals surface area contributed by atoms with Gasteiger partial charge in [-0.1, -0.05) is 15.9 Å². The van der Waals surface area contributed by atoms with Crippen molar-refractivity contribution in [3.8, 4) is 0 Å². The zero-order chi connectivity index (χ0) is 10.0. The summed E-state index contributed by atoms with van der Waals surface area (Å²) >= 11 is 3.26. The van der Waals surface area contributed by atoms with Crippen LogP contribution in [0.4, 0.5) is 0 Å². The number of alkyl halides is 1. The first kappa shape index (κ1) is 10.7. The van der Waals surface area contributed by atoms with Gasteiger partial charge in [0.2, 0.25) is 0 Å². The fourth-order valence-corrected chi connectivity index (χ4v) is 1.90. The Labute approximate surface area is 86.9 Å². The summed E-state index contributed by atoms with van der Waals surface area (Å²) in [6, 6.07) is 0. The van der Waals surface area contributed by atoms with Gasteiger partial charge in [-0.15, -0.1) is 0 Å². The summed E-state index contributed by atoms with van der Waals surface area (Å²) in [5.41, 5.74) is 2.94. The van der Waals surface area contributed by atoms with Gasteiger partial charge in [-0.05, 0) is 20.8 Å². The molecule has 0 aliphatic rings. The lowest BCUT2D eigenvalue weighted by Crippen LogP contribution is -2.03. The number of nitrogens with zero attached hydrogens (tertiary/aromatic N) is 2. The first-order valence-corrected chi connectivity index (χ1v) is 5.51. The molecule has 4 heteroatoms. The van der Waals surface area contributed by atoms with E-state index in [1.807, 2.05) is 25.5 Å². The van der Waals surface area contributed by atoms with E-state index in [1.165, 1.54) is 0 Å². The third-order valence-corrected chi connectivity index (χ3v) is 2.83. The maximum atomic E-state index is 9.70. The van der Waals surface area contributed by atoms with E-state index in [2.05, 4.69) is 21.0 Å². The van der Waals surface area contributed by atoms with Gasteiger partial charge < -0.3 is 5.11 Å². The second kappa shape index (κ2) is 4.24. The van der Waals surface area contributed by atoms with Crippen LogP contribution < -0.4 is 0 Å². The number of rotatable bonds is 3. The van der Waals surface area contributed by atoms with E-state index < -0.39 is 6.10 Å². The van der Waals surface area contributed by atoms with E-state index >= 15 is 0 Å². The minimum Gasteiger partial charge on any atom is -0.387 e. The molecule has 13 heavy (non-hydrogen) atoms. The molecule has 0 amide bonds. The molecule has 1 N–H and O–H groups in total. The lowest BCUT2D eigenvalue weighted by molar-refractivity contribution is 0.204. The molecular weight excluding hydrogens is 232 g/mol. The summed E-state index contributed by atoms with van der Waals surface area (Å²) < 4.78 is 1.91. The SMILES string of the molecule is CCn1nc(C)c(C(O)CBr)c1C. The number of aliphatic hydroxyl groups excluding tert-OH is 1. The van der Waals surface area contributed by atoms with Crippen molar-refractivity contribution in [2.24, 2.45) is 0 Å². The van der Waals surface area contributed by atoms with E-state index in [1.54, 1.807) is 0 Å². The molecule has 1 aromatic heterocycles. The van der Waals surface area contributed by atoms with Crippen molar-refractivity contribution in [3.05, 3.63) is 17.0 Å². The van der Waals surface area contributed by atoms with Crippen LogP contribution in [0, 0.1) is 13.8 Å². The third kappa shape index (κ3) is 1.94. The molecule has 74 valence electrons. The topological polar surface area (TPSA) is 38.0 Å². The highest BCUT2D eigenvalue weighted by Crippen LogP contribution is 2.22. The summed E-state index contributed by atoms with van der Waals surface area (Å²) in [4.78, 5) is 0. The predicted molar refractivity (Wildman–Crippen MR) is 56.1 cm³/mol. The summed E-state index contributed by atoms with van der Waals surface area (Å²) in [6.45, 7) is 6.82. The summed E-state index contributed by atoms with van der Waals surface area (Å²) in [5, 5.41) is 14.6. The Hall–Kier alpha value is -0.350. The van der Waals surface area contributed by atoms with Crippen LogP contribution in [0.3, 0.4) is 0 Å². The highest BCUT2D eigenvalue weighted by Gasteiger charge is 2.16. The van der Waals surface area contributed by atoms with E-state index in [-0.39, 0.29) is 0 Å². The van der Waals surface area contributed by atoms with Crippen LogP contribution in [0.1, 0.15) is 30.0 Å². The maximum Gasteiger partial charge on any atom is 0.0922 e. The molecule has 3 nitrogen and oxygen atoms in total. The van der Waals surface area contributed by atoms with Gasteiger partial charge in [0.15, 0.2) is 0 Å². The van der Waals surface area contributed by atoms with Crippen LogP contribution in [-0.4, -0.2) is 20.2 Å². The maximum absolute atomic E-state index is 9.70. The summed E-state index contributed by atoms with van der Waals surface area (Å²) in [5.74, 6) is 0. The molecule has 0 bridgehead atoms. The van der Waals surface area contributed by atoms with Crippen LogP contribution in [0.15, 0.2) is 0 Å². The van der Waals surface area contributed by atoms with Crippen LogP contribution in [0.2, 0.25) is 0 Å². The number of hydrogen-bond acceptors (Lipinski definition) is 2. The molecule has 0 aliphatic carbocycles. The summed E-state index contributed by atoms with van der Waals surface area (Å²) in [7, 11) is 0. The van der Waals surface area contributed by atoms with Crippen molar-refractivity contribution in [3.63, 3.8) is 0 Å². The molecular formula is C9H15BrN2O. The molecule has 1 atom stereocenters. The van der Waals surface area contributed by atoms with Crippen LogP contribution in [-0.2, 0) is 6.54 Å². The third-order valence-electron chi connectivity index (χ3n) is 2.22. The van der Waals surface area contributed by atoms with Crippen molar-refractivity contribution in [1.29, 1.82) is 0 Å². The van der Waals surface area contributed by atoms with Gasteiger partial charge in [-0.2, -0.15) is 5.10 Å². The molecule has 0 spiro atoms. The molecule has 1 aromatic rings. The largest absolute Gasteiger partial charge is 0.387 e. The van der Waals surface area contributed by atoms with Gasteiger partial charge in [0.1, 0.15) is 0 Å². The highest BCUT2D eigenvalue weighted by atomic mass is 79.9. The average molecular weight is 247 g/mol. The Kier molecular flexibility index (Phi) is 3.50. The van der Waals surface area contributed by atoms with Crippen molar-refractivity contribution < 1.29 is 5.11 Å². The van der Waals surface area contributed by atoms with Crippen molar-refractivity contribution in [2.45, 2.75) is 33.4 Å². The molecule has 0 saturated carbocycles. The van der Waals surface area contributed by atoms with E-state index in [9.17, 15) is 5.11 Å². The second-order valence-electron chi connectivity index (χ2n) is 3.07. The van der Waals surface area contributed by atoms with E-state index in [0.29, 0.717) is 5.33 Å². The molecule has 1 rings (SSSR count). The fraction of sp³-hybridized carbons (Fsp3) is 0.667. The quantitative estimate of drug-likeness (QED) is 0.829. The Morgan fingerprint density at radius 2 is 2.15 bits per heavy atom. The highest BCUT2D eigenvalue weighted by molar-refractivity contribution is 9.09. The Bertz CT molecular complexity index is 296. The fourth-order valence-electron chi connectivity index (χ4n) is 1.58. The zero-order valence-electron chi connectivity index (χ0n) is 8.21. The minimum atomic E-state index is -0.444. The van der Waals surface area contributed by atoms with Crippen molar-refractivity contribution in [1.82, 2.24) is 9.78 Å². The number of halogens is 1. The Balaban J connectivity index is 3.12. The number of aromatic nitrogens is 2. The van der Waals surface area contributed by atoms with Crippen molar-refractivity contribution in [2.75, 3.05) is 5.33 Å². The number of aryl methyl sites for hydroxylation is 2. The van der Waals surface area contributed by atoms with Gasteiger partial charge >= 0.3 is 0 Å². The molecule has 0 aromatic carbocycles. The molecule has 0 radical (unpaired) electrons. The predicted octanol–water partition coefficient (Wildman–Crippen LogP) is 1.95. The van der Waals surface area contributed by atoms with Gasteiger partial charge in [0, 0.05) is 23.1 Å².